The average Bonchev–Trinajstić information content (AvgIpc) is 2.64. The van der Waals surface area contributed by atoms with Crippen LogP contribution in [0.1, 0.15) is 13.3 Å². The van der Waals surface area contributed by atoms with Gasteiger partial charge in [-0.25, -0.2) is 4.79 Å². The lowest BCUT2D eigenvalue weighted by Gasteiger charge is -2.25. The second kappa shape index (κ2) is 13.6. The van der Waals surface area contributed by atoms with Gasteiger partial charge in [-0.3, -0.25) is 14.4 Å². The fraction of sp³-hybridized carbons (Fsp3) is 0.733. The Morgan fingerprint density at radius 3 is 2.07 bits per heavy atom. The molecule has 0 rings (SSSR count). The van der Waals surface area contributed by atoms with Crippen LogP contribution < -0.4 is 21.7 Å². The van der Waals surface area contributed by atoms with Crippen molar-refractivity contribution in [2.75, 3.05) is 24.4 Å². The molecule has 0 aliphatic carbocycles. The first-order chi connectivity index (χ1) is 13.1. The van der Waals surface area contributed by atoms with Gasteiger partial charge in [0.25, 0.3) is 0 Å². The molecule has 0 saturated carbocycles. The number of nitrogens with two attached hydrogens (primary N) is 1. The molecule has 0 spiro atoms. The van der Waals surface area contributed by atoms with Gasteiger partial charge in [-0.05, 0) is 25.4 Å². The number of nitrogens with one attached hydrogen (secondary N) is 3. The Hall–Kier alpha value is -1.54. The minimum absolute atomic E-state index is 0.204. The van der Waals surface area contributed by atoms with E-state index in [1.54, 1.807) is 0 Å². The van der Waals surface area contributed by atoms with Crippen LogP contribution in [-0.4, -0.2) is 93.7 Å². The molecule has 0 saturated heterocycles. The SMILES string of the molecule is CSCCC(N)C(=O)NC(CO)C(=O)NC(C(=O)NC(CS)C(=O)O)C(C)O. The number of carboxylic acids is 1. The number of rotatable bonds is 13. The number of carbonyl (C=O) groups is 4. The zero-order chi connectivity index (χ0) is 21.9. The van der Waals surface area contributed by atoms with Gasteiger partial charge in [0.2, 0.25) is 17.7 Å². The van der Waals surface area contributed by atoms with Crippen molar-refractivity contribution in [1.29, 1.82) is 0 Å². The normalized spacial score (nSPS) is 16.2. The fourth-order valence-corrected chi connectivity index (χ4v) is 2.69. The first-order valence-electron chi connectivity index (χ1n) is 8.37. The Bertz CT molecular complexity index is 550. The lowest BCUT2D eigenvalue weighted by Crippen LogP contribution is -2.60. The molecule has 0 aromatic carbocycles. The number of hydrogen-bond acceptors (Lipinski definition) is 9. The second-order valence-electron chi connectivity index (χ2n) is 5.94. The Morgan fingerprint density at radius 2 is 1.64 bits per heavy atom. The van der Waals surface area contributed by atoms with Crippen LogP contribution in [0.3, 0.4) is 0 Å². The molecule has 0 aliphatic rings. The van der Waals surface area contributed by atoms with Crippen molar-refractivity contribution in [1.82, 2.24) is 16.0 Å². The molecule has 8 N–H and O–H groups in total. The zero-order valence-electron chi connectivity index (χ0n) is 15.6. The smallest absolute Gasteiger partial charge is 0.327 e. The van der Waals surface area contributed by atoms with Gasteiger partial charge in [0.1, 0.15) is 18.1 Å². The zero-order valence-corrected chi connectivity index (χ0v) is 17.3. The predicted molar refractivity (Wildman–Crippen MR) is 107 cm³/mol. The highest BCUT2D eigenvalue weighted by Crippen LogP contribution is 2.01. The molecular formula is C15H28N4O7S2. The van der Waals surface area contributed by atoms with Crippen LogP contribution in [0.5, 0.6) is 0 Å². The van der Waals surface area contributed by atoms with Crippen molar-refractivity contribution in [2.45, 2.75) is 43.6 Å². The number of amides is 3. The molecule has 13 heteroatoms. The summed E-state index contributed by atoms with van der Waals surface area (Å²) in [6.45, 7) is 0.446. The molecule has 0 fully saturated rings. The number of thiol groups is 1. The van der Waals surface area contributed by atoms with E-state index in [4.69, 9.17) is 10.8 Å². The molecule has 11 nitrogen and oxygen atoms in total. The van der Waals surface area contributed by atoms with E-state index in [9.17, 15) is 29.4 Å². The summed E-state index contributed by atoms with van der Waals surface area (Å²) in [6.07, 6.45) is 0.835. The van der Waals surface area contributed by atoms with E-state index in [2.05, 4.69) is 28.6 Å². The van der Waals surface area contributed by atoms with E-state index in [1.165, 1.54) is 18.7 Å². The highest BCUT2D eigenvalue weighted by atomic mass is 32.2. The van der Waals surface area contributed by atoms with Gasteiger partial charge in [0.05, 0.1) is 18.8 Å². The fourth-order valence-electron chi connectivity index (χ4n) is 1.95. The van der Waals surface area contributed by atoms with Crippen LogP contribution in [0.25, 0.3) is 0 Å². The summed E-state index contributed by atoms with van der Waals surface area (Å²) in [5, 5.41) is 34.7. The average molecular weight is 441 g/mol. The molecular weight excluding hydrogens is 412 g/mol. The van der Waals surface area contributed by atoms with Crippen molar-refractivity contribution in [2.24, 2.45) is 5.73 Å². The molecule has 5 unspecified atom stereocenters. The highest BCUT2D eigenvalue weighted by molar-refractivity contribution is 7.98. The monoisotopic (exact) mass is 440 g/mol. The number of hydrogen-bond donors (Lipinski definition) is 8. The van der Waals surface area contributed by atoms with Gasteiger partial charge in [-0.15, -0.1) is 0 Å². The number of carbonyl (C=O) groups excluding carboxylic acids is 3. The third-order valence-electron chi connectivity index (χ3n) is 3.65. The quantitative estimate of drug-likeness (QED) is 0.137. The summed E-state index contributed by atoms with van der Waals surface area (Å²) in [6, 6.07) is -5.11. The van der Waals surface area contributed by atoms with E-state index >= 15 is 0 Å². The van der Waals surface area contributed by atoms with Gasteiger partial charge >= 0.3 is 5.97 Å². The van der Waals surface area contributed by atoms with E-state index in [1.807, 2.05) is 6.26 Å². The maximum Gasteiger partial charge on any atom is 0.327 e. The molecule has 5 atom stereocenters. The Balaban J connectivity index is 5.02. The van der Waals surface area contributed by atoms with Gasteiger partial charge < -0.3 is 37.0 Å². The number of aliphatic carboxylic acids is 1. The van der Waals surface area contributed by atoms with Crippen LogP contribution in [0.4, 0.5) is 0 Å². The molecule has 0 aromatic heterocycles. The molecule has 0 aliphatic heterocycles. The molecule has 0 heterocycles. The van der Waals surface area contributed by atoms with Crippen molar-refractivity contribution in [3.63, 3.8) is 0 Å². The lowest BCUT2D eigenvalue weighted by molar-refractivity contribution is -0.142. The summed E-state index contributed by atoms with van der Waals surface area (Å²) >= 11 is 5.30. The third kappa shape index (κ3) is 9.10. The maximum atomic E-state index is 12.3. The van der Waals surface area contributed by atoms with Crippen LogP contribution in [0.15, 0.2) is 0 Å². The minimum Gasteiger partial charge on any atom is -0.480 e. The third-order valence-corrected chi connectivity index (χ3v) is 4.65. The number of thioether (sulfide) groups is 1. The first-order valence-corrected chi connectivity index (χ1v) is 10.4. The van der Waals surface area contributed by atoms with Crippen molar-refractivity contribution in [3.8, 4) is 0 Å². The summed E-state index contributed by atoms with van der Waals surface area (Å²) in [5.41, 5.74) is 5.70. The molecule has 28 heavy (non-hydrogen) atoms. The Labute approximate surface area is 172 Å². The highest BCUT2D eigenvalue weighted by Gasteiger charge is 2.32. The molecule has 0 aromatic rings. The maximum absolute atomic E-state index is 12.3. The van der Waals surface area contributed by atoms with Crippen molar-refractivity contribution < 1.29 is 34.5 Å². The molecule has 162 valence electrons. The number of aliphatic hydroxyl groups excluding tert-OH is 2. The van der Waals surface area contributed by atoms with E-state index in [0.717, 1.165) is 0 Å². The minimum atomic E-state index is -1.51. The van der Waals surface area contributed by atoms with E-state index in [-0.39, 0.29) is 5.75 Å². The van der Waals surface area contributed by atoms with Gasteiger partial charge in [0.15, 0.2) is 0 Å². The lowest BCUT2D eigenvalue weighted by atomic mass is 10.1. The molecule has 0 radical (unpaired) electrons. The summed E-state index contributed by atoms with van der Waals surface area (Å²) < 4.78 is 0. The van der Waals surface area contributed by atoms with E-state index in [0.29, 0.717) is 12.2 Å². The van der Waals surface area contributed by atoms with Crippen LogP contribution >= 0.6 is 24.4 Å². The largest absolute Gasteiger partial charge is 0.480 e. The van der Waals surface area contributed by atoms with Gasteiger partial charge in [-0.2, -0.15) is 24.4 Å². The topological polar surface area (TPSA) is 191 Å². The summed E-state index contributed by atoms with van der Waals surface area (Å²) in [4.78, 5) is 47.5. The van der Waals surface area contributed by atoms with Crippen LogP contribution in [-0.2, 0) is 19.2 Å². The van der Waals surface area contributed by atoms with Gasteiger partial charge in [0, 0.05) is 5.75 Å². The van der Waals surface area contributed by atoms with Crippen molar-refractivity contribution in [3.05, 3.63) is 0 Å². The standard InChI is InChI=1S/C15H28N4O7S2/c1-7(21)11(14(24)18-10(6-27)15(25)26)19-13(23)9(5-20)17-12(22)8(16)3-4-28-2/h7-11,20-21,27H,3-6,16H2,1-2H3,(H,17,22)(H,18,24)(H,19,23)(H,25,26). The Kier molecular flexibility index (Phi) is 12.9. The number of aliphatic hydroxyl groups is 2. The molecule has 3 amide bonds. The van der Waals surface area contributed by atoms with Gasteiger partial charge in [-0.1, -0.05) is 0 Å². The van der Waals surface area contributed by atoms with Crippen LogP contribution in [0.2, 0.25) is 0 Å². The molecule has 0 bridgehead atoms. The van der Waals surface area contributed by atoms with Crippen LogP contribution in [0, 0.1) is 0 Å². The second-order valence-corrected chi connectivity index (χ2v) is 7.29. The summed E-state index contributed by atoms with van der Waals surface area (Å²) in [7, 11) is 0. The summed E-state index contributed by atoms with van der Waals surface area (Å²) in [5.74, 6) is -3.45. The number of carboxylic acid groups (broad SMARTS) is 1. The van der Waals surface area contributed by atoms with Crippen molar-refractivity contribution >= 4 is 48.1 Å². The first kappa shape index (κ1) is 26.5. The Morgan fingerprint density at radius 1 is 1.07 bits per heavy atom. The predicted octanol–water partition coefficient (Wildman–Crippen LogP) is -3.09. The van der Waals surface area contributed by atoms with E-state index < -0.39 is 60.6 Å².